The number of carbonyl (C=O) groups excluding carboxylic acids is 1. The summed E-state index contributed by atoms with van der Waals surface area (Å²) >= 11 is 0. The van der Waals surface area contributed by atoms with Crippen molar-refractivity contribution in [2.24, 2.45) is 11.8 Å². The third kappa shape index (κ3) is 3.32. The van der Waals surface area contributed by atoms with E-state index >= 15 is 0 Å². The van der Waals surface area contributed by atoms with Crippen molar-refractivity contribution >= 4 is 15.6 Å². The number of sulfone groups is 1. The summed E-state index contributed by atoms with van der Waals surface area (Å²) in [6.07, 6.45) is 4.19. The molecule has 1 aliphatic carbocycles. The first-order valence-electron chi connectivity index (χ1n) is 6.81. The molecular weight excluding hydrogens is 252 g/mol. The van der Waals surface area contributed by atoms with Gasteiger partial charge in [-0.05, 0) is 25.2 Å². The Kier molecular flexibility index (Phi) is 4.43. The average molecular weight is 274 g/mol. The predicted octanol–water partition coefficient (Wildman–Crippen LogP) is 1.59. The van der Waals surface area contributed by atoms with E-state index in [0.717, 1.165) is 25.7 Å². The molecule has 0 N–H and O–H groups in total. The molecule has 3 atom stereocenters. The SMILES string of the molecule is CC1CCCC(S(=O)(=O)CC(=O)C2CCOC2)C1. The fraction of sp³-hybridized carbons (Fsp3) is 0.923. The molecule has 2 rings (SSSR count). The number of carbonyl (C=O) groups is 1. The summed E-state index contributed by atoms with van der Waals surface area (Å²) in [5.74, 6) is -0.159. The van der Waals surface area contributed by atoms with Gasteiger partial charge in [0.15, 0.2) is 15.6 Å². The number of ketones is 1. The first kappa shape index (κ1) is 14.0. The van der Waals surface area contributed by atoms with Gasteiger partial charge in [0.1, 0.15) is 5.75 Å². The summed E-state index contributed by atoms with van der Waals surface area (Å²) in [7, 11) is -3.26. The highest BCUT2D eigenvalue weighted by molar-refractivity contribution is 7.92. The van der Waals surface area contributed by atoms with Crippen LogP contribution in [0.25, 0.3) is 0 Å². The zero-order chi connectivity index (χ0) is 13.2. The number of ether oxygens (including phenoxy) is 1. The number of hydrogen-bond acceptors (Lipinski definition) is 4. The summed E-state index contributed by atoms with van der Waals surface area (Å²) in [6.45, 7) is 3.07. The van der Waals surface area contributed by atoms with E-state index < -0.39 is 9.84 Å². The zero-order valence-electron chi connectivity index (χ0n) is 10.9. The Morgan fingerprint density at radius 2 is 2.06 bits per heavy atom. The molecule has 0 bridgehead atoms. The fourth-order valence-electron chi connectivity index (χ4n) is 2.93. The largest absolute Gasteiger partial charge is 0.381 e. The van der Waals surface area contributed by atoms with Crippen LogP contribution in [0.15, 0.2) is 0 Å². The maximum Gasteiger partial charge on any atom is 0.160 e. The van der Waals surface area contributed by atoms with Crippen LogP contribution in [-0.4, -0.2) is 38.4 Å². The second-order valence-corrected chi connectivity index (χ2v) is 8.01. The van der Waals surface area contributed by atoms with Crippen LogP contribution >= 0.6 is 0 Å². The molecule has 2 aliphatic rings. The molecule has 5 heteroatoms. The highest BCUT2D eigenvalue weighted by Crippen LogP contribution is 2.29. The Labute approximate surface area is 109 Å². The van der Waals surface area contributed by atoms with E-state index in [1.165, 1.54) is 0 Å². The van der Waals surface area contributed by atoms with Crippen LogP contribution < -0.4 is 0 Å². The van der Waals surface area contributed by atoms with Gasteiger partial charge in [0, 0.05) is 12.5 Å². The smallest absolute Gasteiger partial charge is 0.160 e. The maximum atomic E-state index is 12.2. The van der Waals surface area contributed by atoms with E-state index in [-0.39, 0.29) is 22.7 Å². The van der Waals surface area contributed by atoms with Crippen LogP contribution in [0.2, 0.25) is 0 Å². The van der Waals surface area contributed by atoms with Crippen LogP contribution in [0, 0.1) is 11.8 Å². The highest BCUT2D eigenvalue weighted by atomic mass is 32.2. The Morgan fingerprint density at radius 1 is 1.28 bits per heavy atom. The zero-order valence-corrected chi connectivity index (χ0v) is 11.7. The van der Waals surface area contributed by atoms with E-state index in [1.54, 1.807) is 0 Å². The van der Waals surface area contributed by atoms with Gasteiger partial charge in [0.25, 0.3) is 0 Å². The van der Waals surface area contributed by atoms with Gasteiger partial charge in [0.05, 0.1) is 11.9 Å². The Bertz CT molecular complexity index is 395. The molecule has 2 fully saturated rings. The van der Waals surface area contributed by atoms with E-state index in [1.807, 2.05) is 0 Å². The number of rotatable bonds is 4. The molecule has 0 amide bonds. The van der Waals surface area contributed by atoms with E-state index in [2.05, 4.69) is 6.92 Å². The van der Waals surface area contributed by atoms with Crippen molar-refractivity contribution in [2.45, 2.75) is 44.3 Å². The minimum Gasteiger partial charge on any atom is -0.381 e. The van der Waals surface area contributed by atoms with E-state index in [0.29, 0.717) is 25.6 Å². The van der Waals surface area contributed by atoms with E-state index in [4.69, 9.17) is 4.74 Å². The van der Waals surface area contributed by atoms with Crippen molar-refractivity contribution in [1.29, 1.82) is 0 Å². The van der Waals surface area contributed by atoms with Gasteiger partial charge in [0.2, 0.25) is 0 Å². The summed E-state index contributed by atoms with van der Waals surface area (Å²) < 4.78 is 29.6. The molecule has 104 valence electrons. The molecule has 18 heavy (non-hydrogen) atoms. The molecule has 0 radical (unpaired) electrons. The second kappa shape index (κ2) is 5.70. The van der Waals surface area contributed by atoms with Crippen LogP contribution in [-0.2, 0) is 19.4 Å². The molecular formula is C13H22O4S. The van der Waals surface area contributed by atoms with Gasteiger partial charge < -0.3 is 4.74 Å². The molecule has 1 aliphatic heterocycles. The minimum absolute atomic E-state index is 0.147. The monoisotopic (exact) mass is 274 g/mol. The van der Waals surface area contributed by atoms with Crippen LogP contribution in [0.4, 0.5) is 0 Å². The lowest BCUT2D eigenvalue weighted by atomic mass is 9.91. The normalized spacial score (nSPS) is 33.5. The molecule has 0 spiro atoms. The average Bonchev–Trinajstić information content (AvgIpc) is 2.82. The molecule has 4 nitrogen and oxygen atoms in total. The topological polar surface area (TPSA) is 60.4 Å². The summed E-state index contributed by atoms with van der Waals surface area (Å²) in [4.78, 5) is 11.9. The Hall–Kier alpha value is -0.420. The lowest BCUT2D eigenvalue weighted by Crippen LogP contribution is -2.34. The third-order valence-electron chi connectivity index (χ3n) is 4.12. The minimum atomic E-state index is -3.26. The van der Waals surface area contributed by atoms with Gasteiger partial charge in [-0.15, -0.1) is 0 Å². The van der Waals surface area contributed by atoms with Gasteiger partial charge in [-0.2, -0.15) is 0 Å². The maximum absolute atomic E-state index is 12.2. The molecule has 1 heterocycles. The van der Waals surface area contributed by atoms with Gasteiger partial charge >= 0.3 is 0 Å². The molecule has 1 saturated carbocycles. The van der Waals surface area contributed by atoms with Gasteiger partial charge in [-0.25, -0.2) is 8.42 Å². The number of Topliss-reactive ketones (excluding diaryl/α,β-unsaturated/α-hetero) is 1. The van der Waals surface area contributed by atoms with E-state index in [9.17, 15) is 13.2 Å². The van der Waals surface area contributed by atoms with Crippen molar-refractivity contribution in [1.82, 2.24) is 0 Å². The van der Waals surface area contributed by atoms with Gasteiger partial charge in [-0.3, -0.25) is 4.79 Å². The molecule has 0 aromatic rings. The molecule has 0 aromatic heterocycles. The molecule has 1 saturated heterocycles. The predicted molar refractivity (Wildman–Crippen MR) is 69.1 cm³/mol. The Morgan fingerprint density at radius 3 is 2.67 bits per heavy atom. The van der Waals surface area contributed by atoms with Crippen LogP contribution in [0.3, 0.4) is 0 Å². The first-order chi connectivity index (χ1) is 8.49. The molecule has 0 aromatic carbocycles. The van der Waals surface area contributed by atoms with Crippen molar-refractivity contribution in [3.05, 3.63) is 0 Å². The van der Waals surface area contributed by atoms with Crippen molar-refractivity contribution in [2.75, 3.05) is 19.0 Å². The quantitative estimate of drug-likeness (QED) is 0.781. The summed E-state index contributed by atoms with van der Waals surface area (Å²) in [6, 6.07) is 0. The van der Waals surface area contributed by atoms with Crippen molar-refractivity contribution in [3.8, 4) is 0 Å². The first-order valence-corrected chi connectivity index (χ1v) is 8.52. The Balaban J connectivity index is 1.95. The van der Waals surface area contributed by atoms with Crippen LogP contribution in [0.5, 0.6) is 0 Å². The summed E-state index contributed by atoms with van der Waals surface area (Å²) in [5.41, 5.74) is 0. The molecule has 3 unspecified atom stereocenters. The van der Waals surface area contributed by atoms with Crippen molar-refractivity contribution < 1.29 is 17.9 Å². The third-order valence-corrected chi connectivity index (χ3v) is 6.26. The lowest BCUT2D eigenvalue weighted by Gasteiger charge is -2.26. The highest BCUT2D eigenvalue weighted by Gasteiger charge is 2.34. The van der Waals surface area contributed by atoms with Crippen LogP contribution in [0.1, 0.15) is 39.0 Å². The standard InChI is InChI=1S/C13H22O4S/c1-10-3-2-4-12(7-10)18(15,16)9-13(14)11-5-6-17-8-11/h10-12H,2-9H2,1H3. The van der Waals surface area contributed by atoms with Crippen molar-refractivity contribution in [3.63, 3.8) is 0 Å². The second-order valence-electron chi connectivity index (χ2n) is 5.73. The number of hydrogen-bond donors (Lipinski definition) is 0. The fourth-order valence-corrected chi connectivity index (χ4v) is 4.94. The van der Waals surface area contributed by atoms with Gasteiger partial charge in [-0.1, -0.05) is 19.8 Å². The summed E-state index contributed by atoms with van der Waals surface area (Å²) in [5, 5.41) is -0.299. The lowest BCUT2D eigenvalue weighted by molar-refractivity contribution is -0.120.